The summed E-state index contributed by atoms with van der Waals surface area (Å²) in [5.41, 5.74) is -1.65. The van der Waals surface area contributed by atoms with Crippen molar-refractivity contribution in [3.63, 3.8) is 0 Å². The van der Waals surface area contributed by atoms with Gasteiger partial charge in [-0.1, -0.05) is 0 Å². The highest BCUT2D eigenvalue weighted by atomic mass is 16.7. The zero-order valence-corrected chi connectivity index (χ0v) is 6.29. The number of ether oxygens (including phenoxy) is 1. The molecule has 2 unspecified atom stereocenters. The maximum atomic E-state index is 9.22. The van der Waals surface area contributed by atoms with Crippen LogP contribution in [0, 0.1) is 0 Å². The summed E-state index contributed by atoms with van der Waals surface area (Å²) < 4.78 is 4.63. The normalized spacial score (nSPS) is 40.2. The lowest BCUT2D eigenvalue weighted by atomic mass is 9.97. The number of rotatable bonds is 2. The van der Waals surface area contributed by atoms with Crippen LogP contribution in [0.2, 0.25) is 0 Å². The monoisotopic (exact) mass is 180 g/mol. The maximum absolute atomic E-state index is 9.22. The van der Waals surface area contributed by atoms with Crippen LogP contribution >= 0.6 is 0 Å². The Morgan fingerprint density at radius 3 is 1.75 bits per heavy atom. The average Bonchev–Trinajstić information content (AvgIpc) is 2.30. The minimum atomic E-state index is -1.65. The Kier molecular flexibility index (Phi) is 2.67. The molecule has 1 aliphatic rings. The van der Waals surface area contributed by atoms with E-state index in [1.165, 1.54) is 0 Å². The van der Waals surface area contributed by atoms with Crippen LogP contribution in [0.15, 0.2) is 0 Å². The van der Waals surface area contributed by atoms with E-state index >= 15 is 0 Å². The van der Waals surface area contributed by atoms with E-state index in [0.717, 1.165) is 0 Å². The highest BCUT2D eigenvalue weighted by molar-refractivity contribution is 4.98. The number of aliphatic hydroxyl groups is 5. The quantitative estimate of drug-likeness (QED) is 0.306. The summed E-state index contributed by atoms with van der Waals surface area (Å²) >= 11 is 0. The Balaban J connectivity index is 2.79. The number of hydrogen-bond donors (Lipinski definition) is 5. The van der Waals surface area contributed by atoms with Gasteiger partial charge < -0.3 is 30.3 Å². The molecule has 0 aliphatic carbocycles. The van der Waals surface area contributed by atoms with E-state index in [4.69, 9.17) is 20.4 Å². The van der Waals surface area contributed by atoms with Gasteiger partial charge in [-0.3, -0.25) is 0 Å². The first-order chi connectivity index (χ1) is 5.57. The van der Waals surface area contributed by atoms with Gasteiger partial charge >= 0.3 is 0 Å². The molecule has 0 radical (unpaired) electrons. The van der Waals surface area contributed by atoms with Crippen molar-refractivity contribution in [3.05, 3.63) is 0 Å². The van der Waals surface area contributed by atoms with Gasteiger partial charge in [-0.2, -0.15) is 0 Å². The fourth-order valence-corrected chi connectivity index (χ4v) is 1.16. The van der Waals surface area contributed by atoms with Crippen molar-refractivity contribution in [3.8, 4) is 0 Å². The molecule has 1 heterocycles. The van der Waals surface area contributed by atoms with Crippen molar-refractivity contribution in [1.29, 1.82) is 0 Å². The average molecular weight is 180 g/mol. The molecular weight excluding hydrogens is 168 g/mol. The van der Waals surface area contributed by atoms with Gasteiger partial charge in [-0.05, 0) is 0 Å². The van der Waals surface area contributed by atoms with Crippen molar-refractivity contribution in [1.82, 2.24) is 0 Å². The first kappa shape index (κ1) is 9.85. The Hall–Kier alpha value is -0.240. The molecule has 1 aliphatic heterocycles. The first-order valence-electron chi connectivity index (χ1n) is 3.51. The van der Waals surface area contributed by atoms with E-state index in [9.17, 15) is 5.11 Å². The molecule has 0 saturated carbocycles. The molecule has 0 amide bonds. The molecular formula is C6H12O6. The SMILES string of the molecule is OCC1(CO)O[C@H](O)C(O)C1O. The van der Waals surface area contributed by atoms with E-state index in [-0.39, 0.29) is 0 Å². The molecule has 6 heteroatoms. The first-order valence-corrected chi connectivity index (χ1v) is 3.51. The van der Waals surface area contributed by atoms with Crippen molar-refractivity contribution in [2.24, 2.45) is 0 Å². The van der Waals surface area contributed by atoms with Crippen molar-refractivity contribution < 1.29 is 30.3 Å². The van der Waals surface area contributed by atoms with Gasteiger partial charge in [0.25, 0.3) is 0 Å². The van der Waals surface area contributed by atoms with Crippen molar-refractivity contribution in [2.45, 2.75) is 24.1 Å². The second-order valence-corrected chi connectivity index (χ2v) is 2.82. The summed E-state index contributed by atoms with van der Waals surface area (Å²) in [6.45, 7) is -1.34. The summed E-state index contributed by atoms with van der Waals surface area (Å²) in [4.78, 5) is 0. The summed E-state index contributed by atoms with van der Waals surface area (Å²) in [5.74, 6) is 0. The van der Waals surface area contributed by atoms with Gasteiger partial charge in [0.05, 0.1) is 13.2 Å². The molecule has 1 rings (SSSR count). The zero-order valence-electron chi connectivity index (χ0n) is 6.29. The van der Waals surface area contributed by atoms with Gasteiger partial charge in [0.1, 0.15) is 17.8 Å². The van der Waals surface area contributed by atoms with E-state index in [0.29, 0.717) is 0 Å². The Bertz CT molecular complexity index is 156. The summed E-state index contributed by atoms with van der Waals surface area (Å²) in [6, 6.07) is 0. The van der Waals surface area contributed by atoms with Gasteiger partial charge in [0.15, 0.2) is 6.29 Å². The minimum Gasteiger partial charge on any atom is -0.393 e. The molecule has 72 valence electrons. The second kappa shape index (κ2) is 3.25. The fourth-order valence-electron chi connectivity index (χ4n) is 1.16. The molecule has 5 N–H and O–H groups in total. The van der Waals surface area contributed by atoms with Gasteiger partial charge in [-0.25, -0.2) is 0 Å². The lowest BCUT2D eigenvalue weighted by Crippen LogP contribution is -2.49. The molecule has 0 aromatic carbocycles. The smallest absolute Gasteiger partial charge is 0.184 e. The fraction of sp³-hybridized carbons (Fsp3) is 1.00. The highest BCUT2D eigenvalue weighted by Gasteiger charge is 2.53. The van der Waals surface area contributed by atoms with E-state index in [2.05, 4.69) is 4.74 Å². The Morgan fingerprint density at radius 2 is 1.58 bits per heavy atom. The molecule has 3 atom stereocenters. The zero-order chi connectivity index (χ0) is 9.35. The maximum Gasteiger partial charge on any atom is 0.184 e. The molecule has 6 nitrogen and oxygen atoms in total. The van der Waals surface area contributed by atoms with Crippen molar-refractivity contribution >= 4 is 0 Å². The molecule has 0 aromatic heterocycles. The standard InChI is InChI=1S/C6H12O6/c7-1-6(2-8)4(10)3(9)5(11)12-6/h3-5,7-11H,1-2H2/t3?,4?,5-/m0/s1. The molecule has 1 fully saturated rings. The number of aliphatic hydroxyl groups excluding tert-OH is 5. The van der Waals surface area contributed by atoms with Crippen LogP contribution in [0.5, 0.6) is 0 Å². The van der Waals surface area contributed by atoms with Crippen molar-refractivity contribution in [2.75, 3.05) is 13.2 Å². The topological polar surface area (TPSA) is 110 Å². The number of hydrogen-bond acceptors (Lipinski definition) is 6. The van der Waals surface area contributed by atoms with Crippen LogP contribution in [-0.4, -0.2) is 62.8 Å². The molecule has 12 heavy (non-hydrogen) atoms. The van der Waals surface area contributed by atoms with Crippen LogP contribution in [0.1, 0.15) is 0 Å². The predicted molar refractivity (Wildman–Crippen MR) is 36.0 cm³/mol. The molecule has 0 aromatic rings. The molecule has 0 bridgehead atoms. The molecule has 0 spiro atoms. The highest BCUT2D eigenvalue weighted by Crippen LogP contribution is 2.29. The minimum absolute atomic E-state index is 0.668. The second-order valence-electron chi connectivity index (χ2n) is 2.82. The third-order valence-corrected chi connectivity index (χ3v) is 2.05. The van der Waals surface area contributed by atoms with Crippen LogP contribution in [0.25, 0.3) is 0 Å². The van der Waals surface area contributed by atoms with Crippen LogP contribution < -0.4 is 0 Å². The third kappa shape index (κ3) is 1.22. The van der Waals surface area contributed by atoms with Gasteiger partial charge in [0.2, 0.25) is 0 Å². The predicted octanol–water partition coefficient (Wildman–Crippen LogP) is -3.22. The Morgan fingerprint density at radius 1 is 1.08 bits per heavy atom. The van der Waals surface area contributed by atoms with Gasteiger partial charge in [-0.15, -0.1) is 0 Å². The lowest BCUT2D eigenvalue weighted by molar-refractivity contribution is -0.187. The summed E-state index contributed by atoms with van der Waals surface area (Å²) in [6.07, 6.45) is -4.55. The third-order valence-electron chi connectivity index (χ3n) is 2.05. The van der Waals surface area contributed by atoms with Gasteiger partial charge in [0, 0.05) is 0 Å². The Labute approximate surface area is 68.6 Å². The van der Waals surface area contributed by atoms with Crippen LogP contribution in [-0.2, 0) is 4.74 Å². The summed E-state index contributed by atoms with van der Waals surface area (Å²) in [5, 5.41) is 44.7. The lowest BCUT2D eigenvalue weighted by Gasteiger charge is -2.26. The summed E-state index contributed by atoms with van der Waals surface area (Å²) in [7, 11) is 0. The largest absolute Gasteiger partial charge is 0.393 e. The van der Waals surface area contributed by atoms with Crippen LogP contribution in [0.3, 0.4) is 0 Å². The van der Waals surface area contributed by atoms with E-state index in [1.807, 2.05) is 0 Å². The van der Waals surface area contributed by atoms with E-state index < -0.39 is 37.3 Å². The van der Waals surface area contributed by atoms with Crippen LogP contribution in [0.4, 0.5) is 0 Å². The molecule has 1 saturated heterocycles. The van der Waals surface area contributed by atoms with E-state index in [1.54, 1.807) is 0 Å².